The Morgan fingerprint density at radius 2 is 1.93 bits per heavy atom. The molecule has 80 valence electrons. The van der Waals surface area contributed by atoms with Crippen LogP contribution in [0.4, 0.5) is 0 Å². The number of benzene rings is 1. The third-order valence-electron chi connectivity index (χ3n) is 4.57. The van der Waals surface area contributed by atoms with Crippen LogP contribution in [-0.4, -0.2) is 0 Å². The summed E-state index contributed by atoms with van der Waals surface area (Å²) >= 11 is 0. The Hall–Kier alpha value is -0.780. The van der Waals surface area contributed by atoms with Crippen LogP contribution in [0, 0.1) is 25.7 Å². The van der Waals surface area contributed by atoms with Crippen molar-refractivity contribution in [1.29, 1.82) is 0 Å². The van der Waals surface area contributed by atoms with Crippen molar-refractivity contribution in [2.45, 2.75) is 45.4 Å². The van der Waals surface area contributed by atoms with Gasteiger partial charge in [-0.05, 0) is 62.0 Å². The summed E-state index contributed by atoms with van der Waals surface area (Å²) in [6, 6.07) is 6.98. The van der Waals surface area contributed by atoms with Crippen molar-refractivity contribution in [3.05, 3.63) is 34.9 Å². The van der Waals surface area contributed by atoms with Gasteiger partial charge in [-0.3, -0.25) is 0 Å². The van der Waals surface area contributed by atoms with Gasteiger partial charge in [0, 0.05) is 0 Å². The summed E-state index contributed by atoms with van der Waals surface area (Å²) in [6.45, 7) is 4.50. The molecule has 0 N–H and O–H groups in total. The zero-order valence-electron chi connectivity index (χ0n) is 9.79. The maximum absolute atomic E-state index is 2.43. The van der Waals surface area contributed by atoms with E-state index in [0.717, 1.165) is 17.8 Å². The lowest BCUT2D eigenvalue weighted by Gasteiger charge is -2.24. The minimum Gasteiger partial charge on any atom is -0.0590 e. The summed E-state index contributed by atoms with van der Waals surface area (Å²) in [4.78, 5) is 0. The van der Waals surface area contributed by atoms with Gasteiger partial charge in [-0.2, -0.15) is 0 Å². The van der Waals surface area contributed by atoms with Crippen LogP contribution < -0.4 is 0 Å². The molecule has 3 rings (SSSR count). The first-order valence-corrected chi connectivity index (χ1v) is 6.31. The fourth-order valence-electron chi connectivity index (χ4n) is 3.78. The summed E-state index contributed by atoms with van der Waals surface area (Å²) in [5, 5.41) is 0. The second-order valence-electron chi connectivity index (χ2n) is 5.64. The van der Waals surface area contributed by atoms with Crippen LogP contribution in [0.2, 0.25) is 0 Å². The number of rotatable bonds is 1. The first kappa shape index (κ1) is 9.45. The molecule has 1 aromatic carbocycles. The van der Waals surface area contributed by atoms with E-state index in [4.69, 9.17) is 0 Å². The molecule has 0 radical (unpaired) electrons. The number of hydrogen-bond acceptors (Lipinski definition) is 0. The molecule has 2 aliphatic rings. The average molecular weight is 200 g/mol. The lowest BCUT2D eigenvalue weighted by molar-refractivity contribution is 0.418. The molecule has 0 amide bonds. The quantitative estimate of drug-likeness (QED) is 0.637. The van der Waals surface area contributed by atoms with Gasteiger partial charge in [0.05, 0.1) is 0 Å². The fourth-order valence-corrected chi connectivity index (χ4v) is 3.78. The first-order chi connectivity index (χ1) is 7.24. The Balaban J connectivity index is 1.96. The molecule has 0 nitrogen and oxygen atoms in total. The van der Waals surface area contributed by atoms with Crippen molar-refractivity contribution in [1.82, 2.24) is 0 Å². The van der Waals surface area contributed by atoms with Crippen LogP contribution in [0.25, 0.3) is 0 Å². The Morgan fingerprint density at radius 3 is 2.60 bits per heavy atom. The Labute approximate surface area is 92.7 Å². The van der Waals surface area contributed by atoms with Gasteiger partial charge in [0.25, 0.3) is 0 Å². The number of aryl methyl sites for hydroxylation is 2. The molecule has 2 fully saturated rings. The van der Waals surface area contributed by atoms with E-state index in [2.05, 4.69) is 32.0 Å². The molecule has 3 atom stereocenters. The number of fused-ring (bicyclic) bond motifs is 2. The summed E-state index contributed by atoms with van der Waals surface area (Å²) in [6.07, 6.45) is 5.97. The summed E-state index contributed by atoms with van der Waals surface area (Å²) in [5.74, 6) is 2.96. The van der Waals surface area contributed by atoms with Crippen molar-refractivity contribution in [2.24, 2.45) is 11.8 Å². The average Bonchev–Trinajstić information content (AvgIpc) is 2.83. The minimum atomic E-state index is 0.892. The van der Waals surface area contributed by atoms with Gasteiger partial charge < -0.3 is 0 Å². The van der Waals surface area contributed by atoms with Crippen LogP contribution in [0.3, 0.4) is 0 Å². The predicted octanol–water partition coefficient (Wildman–Crippen LogP) is 4.21. The molecular weight excluding hydrogens is 180 g/mol. The standard InChI is InChI=1S/C15H20/c1-10-3-4-11(2)14(7-10)15-9-12-5-6-13(15)8-12/h3-4,7,12-13,15H,5-6,8-9H2,1-2H3/t12-,13+,15+/m1/s1. The first-order valence-electron chi connectivity index (χ1n) is 6.31. The van der Waals surface area contributed by atoms with Crippen LogP contribution >= 0.6 is 0 Å². The van der Waals surface area contributed by atoms with Gasteiger partial charge in [-0.1, -0.05) is 30.2 Å². The normalized spacial score (nSPS) is 33.6. The minimum absolute atomic E-state index is 0.892. The highest BCUT2D eigenvalue weighted by Gasteiger charge is 2.40. The monoisotopic (exact) mass is 200 g/mol. The van der Waals surface area contributed by atoms with Crippen molar-refractivity contribution < 1.29 is 0 Å². The number of hydrogen-bond donors (Lipinski definition) is 0. The Kier molecular flexibility index (Phi) is 2.12. The van der Waals surface area contributed by atoms with Gasteiger partial charge in [-0.25, -0.2) is 0 Å². The molecular formula is C15H20. The lowest BCUT2D eigenvalue weighted by atomic mass is 9.81. The van der Waals surface area contributed by atoms with Crippen molar-refractivity contribution >= 4 is 0 Å². The molecule has 0 saturated heterocycles. The van der Waals surface area contributed by atoms with Gasteiger partial charge in [0.1, 0.15) is 0 Å². The van der Waals surface area contributed by atoms with E-state index in [0.29, 0.717) is 0 Å². The van der Waals surface area contributed by atoms with Gasteiger partial charge in [0.15, 0.2) is 0 Å². The molecule has 2 bridgehead atoms. The molecule has 2 aliphatic carbocycles. The second-order valence-corrected chi connectivity index (χ2v) is 5.64. The maximum atomic E-state index is 2.43. The molecule has 2 saturated carbocycles. The molecule has 0 heterocycles. The zero-order valence-corrected chi connectivity index (χ0v) is 9.79. The van der Waals surface area contributed by atoms with E-state index >= 15 is 0 Å². The van der Waals surface area contributed by atoms with E-state index in [9.17, 15) is 0 Å². The molecule has 15 heavy (non-hydrogen) atoms. The van der Waals surface area contributed by atoms with E-state index in [1.54, 1.807) is 5.56 Å². The summed E-state index contributed by atoms with van der Waals surface area (Å²) < 4.78 is 0. The van der Waals surface area contributed by atoms with Gasteiger partial charge >= 0.3 is 0 Å². The van der Waals surface area contributed by atoms with Crippen molar-refractivity contribution in [2.75, 3.05) is 0 Å². The SMILES string of the molecule is Cc1ccc(C)c([C@H]2C[C@@H]3CC[C@H]2C3)c1. The maximum Gasteiger partial charge on any atom is -0.0128 e. The van der Waals surface area contributed by atoms with E-state index in [1.165, 1.54) is 36.8 Å². The molecule has 0 spiro atoms. The van der Waals surface area contributed by atoms with Crippen LogP contribution in [0.15, 0.2) is 18.2 Å². The summed E-state index contributed by atoms with van der Waals surface area (Å²) in [7, 11) is 0. The van der Waals surface area contributed by atoms with Gasteiger partial charge in [-0.15, -0.1) is 0 Å². The van der Waals surface area contributed by atoms with Crippen molar-refractivity contribution in [3.63, 3.8) is 0 Å². The second kappa shape index (κ2) is 3.37. The largest absolute Gasteiger partial charge is 0.0590 e. The van der Waals surface area contributed by atoms with Gasteiger partial charge in [0.2, 0.25) is 0 Å². The highest BCUT2D eigenvalue weighted by molar-refractivity contribution is 5.35. The highest BCUT2D eigenvalue weighted by Crippen LogP contribution is 2.53. The van der Waals surface area contributed by atoms with Crippen molar-refractivity contribution in [3.8, 4) is 0 Å². The third kappa shape index (κ3) is 1.51. The molecule has 0 heteroatoms. The fraction of sp³-hybridized carbons (Fsp3) is 0.600. The van der Waals surface area contributed by atoms with E-state index < -0.39 is 0 Å². The molecule has 0 unspecified atom stereocenters. The lowest BCUT2D eigenvalue weighted by Crippen LogP contribution is -2.10. The smallest absolute Gasteiger partial charge is 0.0128 e. The summed E-state index contributed by atoms with van der Waals surface area (Å²) in [5.41, 5.74) is 4.60. The Morgan fingerprint density at radius 1 is 1.07 bits per heavy atom. The van der Waals surface area contributed by atoms with Crippen LogP contribution in [-0.2, 0) is 0 Å². The van der Waals surface area contributed by atoms with E-state index in [1.807, 2.05) is 0 Å². The molecule has 0 aromatic heterocycles. The topological polar surface area (TPSA) is 0 Å². The molecule has 0 aliphatic heterocycles. The third-order valence-corrected chi connectivity index (χ3v) is 4.57. The zero-order chi connectivity index (χ0) is 10.4. The van der Waals surface area contributed by atoms with Crippen LogP contribution in [0.1, 0.15) is 48.3 Å². The van der Waals surface area contributed by atoms with E-state index in [-0.39, 0.29) is 0 Å². The highest BCUT2D eigenvalue weighted by atomic mass is 14.4. The molecule has 1 aromatic rings. The predicted molar refractivity (Wildman–Crippen MR) is 64.1 cm³/mol. The Bertz CT molecular complexity index is 378. The van der Waals surface area contributed by atoms with Crippen LogP contribution in [0.5, 0.6) is 0 Å².